The summed E-state index contributed by atoms with van der Waals surface area (Å²) in [5.41, 5.74) is 5.17. The smallest absolute Gasteiger partial charge is 0.255 e. The van der Waals surface area contributed by atoms with Crippen LogP contribution in [0.2, 0.25) is 0 Å². The summed E-state index contributed by atoms with van der Waals surface area (Å²) < 4.78 is 1.68. The van der Waals surface area contributed by atoms with Crippen LogP contribution in [0.15, 0.2) is 36.4 Å². The van der Waals surface area contributed by atoms with Gasteiger partial charge in [0.15, 0.2) is 0 Å². The third-order valence-corrected chi connectivity index (χ3v) is 3.82. The molecule has 0 aliphatic heterocycles. The normalized spacial score (nSPS) is 10.8. The van der Waals surface area contributed by atoms with Gasteiger partial charge in [-0.3, -0.25) is 4.79 Å². The van der Waals surface area contributed by atoms with E-state index >= 15 is 0 Å². The number of hydrogen-bond acceptors (Lipinski definition) is 4. The van der Waals surface area contributed by atoms with E-state index in [0.29, 0.717) is 11.1 Å². The summed E-state index contributed by atoms with van der Waals surface area (Å²) in [6, 6.07) is 11.2. The van der Waals surface area contributed by atoms with Crippen molar-refractivity contribution in [2.75, 3.05) is 24.3 Å². The number of fused-ring (bicyclic) bond motifs is 1. The number of nitrogens with one attached hydrogen (secondary N) is 1. The quantitative estimate of drug-likeness (QED) is 0.808. The molecule has 2 aromatic carbocycles. The van der Waals surface area contributed by atoms with Crippen LogP contribution in [0.5, 0.6) is 0 Å². The van der Waals surface area contributed by atoms with Crippen molar-refractivity contribution in [2.45, 2.75) is 6.92 Å². The molecule has 0 saturated heterocycles. The predicted molar refractivity (Wildman–Crippen MR) is 92.0 cm³/mol. The van der Waals surface area contributed by atoms with E-state index in [0.717, 1.165) is 22.5 Å². The Morgan fingerprint density at radius 3 is 2.70 bits per heavy atom. The number of carbonyl (C=O) groups is 1. The fourth-order valence-corrected chi connectivity index (χ4v) is 2.55. The number of amides is 1. The fourth-order valence-electron chi connectivity index (χ4n) is 2.55. The maximum absolute atomic E-state index is 12.5. The van der Waals surface area contributed by atoms with Crippen molar-refractivity contribution >= 4 is 28.3 Å². The van der Waals surface area contributed by atoms with Crippen LogP contribution in [0.3, 0.4) is 0 Å². The van der Waals surface area contributed by atoms with Gasteiger partial charge < -0.3 is 10.2 Å². The Kier molecular flexibility index (Phi) is 3.73. The van der Waals surface area contributed by atoms with Crippen molar-refractivity contribution in [3.63, 3.8) is 0 Å². The minimum Gasteiger partial charge on any atom is -0.377 e. The molecule has 0 fully saturated rings. The number of nitrogens with zero attached hydrogens (tertiary/aromatic N) is 4. The molecule has 0 unspecified atom stereocenters. The SMILES string of the molecule is Cc1ccc(NC(=O)c2ccc3c(c2)nnn3C)cc1N(C)C. The molecule has 0 atom stereocenters. The van der Waals surface area contributed by atoms with Gasteiger partial charge >= 0.3 is 0 Å². The lowest BCUT2D eigenvalue weighted by molar-refractivity contribution is 0.102. The third-order valence-electron chi connectivity index (χ3n) is 3.82. The monoisotopic (exact) mass is 309 g/mol. The number of anilines is 2. The average Bonchev–Trinajstić information content (AvgIpc) is 2.89. The standard InChI is InChI=1S/C17H19N5O/c1-11-5-7-13(10-16(11)21(2)3)18-17(23)12-6-8-15-14(9-12)19-20-22(15)4/h5-10H,1-4H3,(H,18,23). The molecule has 0 aliphatic rings. The Labute approximate surface area is 134 Å². The largest absolute Gasteiger partial charge is 0.377 e. The van der Waals surface area contributed by atoms with E-state index in [9.17, 15) is 4.79 Å². The van der Waals surface area contributed by atoms with Gasteiger partial charge in [-0.25, -0.2) is 4.68 Å². The Morgan fingerprint density at radius 2 is 1.96 bits per heavy atom. The molecular weight excluding hydrogens is 290 g/mol. The minimum absolute atomic E-state index is 0.161. The number of hydrogen-bond donors (Lipinski definition) is 1. The molecule has 0 spiro atoms. The summed E-state index contributed by atoms with van der Waals surface area (Å²) in [7, 11) is 5.79. The van der Waals surface area contributed by atoms with Gasteiger partial charge in [-0.1, -0.05) is 11.3 Å². The van der Waals surface area contributed by atoms with Crippen LogP contribution in [-0.4, -0.2) is 35.0 Å². The highest BCUT2D eigenvalue weighted by atomic mass is 16.1. The lowest BCUT2D eigenvalue weighted by Gasteiger charge is -2.17. The van der Waals surface area contributed by atoms with Crippen LogP contribution in [0.4, 0.5) is 11.4 Å². The van der Waals surface area contributed by atoms with Crippen LogP contribution in [0.25, 0.3) is 11.0 Å². The first-order chi connectivity index (χ1) is 11.0. The zero-order valence-corrected chi connectivity index (χ0v) is 13.7. The van der Waals surface area contributed by atoms with E-state index in [-0.39, 0.29) is 5.91 Å². The van der Waals surface area contributed by atoms with Crippen molar-refractivity contribution in [1.82, 2.24) is 15.0 Å². The topological polar surface area (TPSA) is 63.1 Å². The second-order valence-corrected chi connectivity index (χ2v) is 5.77. The van der Waals surface area contributed by atoms with Gasteiger partial charge in [0.2, 0.25) is 0 Å². The summed E-state index contributed by atoms with van der Waals surface area (Å²) in [6.45, 7) is 2.04. The first-order valence-corrected chi connectivity index (χ1v) is 7.34. The molecule has 0 bridgehead atoms. The lowest BCUT2D eigenvalue weighted by atomic mass is 10.1. The van der Waals surface area contributed by atoms with Gasteiger partial charge in [0, 0.05) is 38.1 Å². The van der Waals surface area contributed by atoms with Gasteiger partial charge in [-0.2, -0.15) is 0 Å². The zero-order valence-electron chi connectivity index (χ0n) is 13.7. The van der Waals surface area contributed by atoms with Crippen molar-refractivity contribution in [2.24, 2.45) is 7.05 Å². The van der Waals surface area contributed by atoms with Crippen LogP contribution >= 0.6 is 0 Å². The van der Waals surface area contributed by atoms with E-state index < -0.39 is 0 Å². The molecule has 3 rings (SSSR count). The first kappa shape index (κ1) is 15.0. The van der Waals surface area contributed by atoms with Gasteiger partial charge in [0.1, 0.15) is 5.52 Å². The molecule has 23 heavy (non-hydrogen) atoms. The number of benzene rings is 2. The summed E-state index contributed by atoms with van der Waals surface area (Å²) in [5, 5.41) is 10.9. The molecule has 1 amide bonds. The van der Waals surface area contributed by atoms with Crippen LogP contribution in [0, 0.1) is 6.92 Å². The van der Waals surface area contributed by atoms with Gasteiger partial charge in [-0.15, -0.1) is 5.10 Å². The highest BCUT2D eigenvalue weighted by Gasteiger charge is 2.10. The molecule has 6 heteroatoms. The summed E-state index contributed by atoms with van der Waals surface area (Å²) in [6.07, 6.45) is 0. The van der Waals surface area contributed by atoms with E-state index in [1.54, 1.807) is 16.8 Å². The van der Waals surface area contributed by atoms with E-state index in [1.807, 2.05) is 57.2 Å². The highest BCUT2D eigenvalue weighted by Crippen LogP contribution is 2.23. The van der Waals surface area contributed by atoms with Gasteiger partial charge in [0.25, 0.3) is 5.91 Å². The molecule has 1 N–H and O–H groups in total. The van der Waals surface area contributed by atoms with E-state index in [4.69, 9.17) is 0 Å². The first-order valence-electron chi connectivity index (χ1n) is 7.34. The van der Waals surface area contributed by atoms with Crippen molar-refractivity contribution in [3.8, 4) is 0 Å². The Balaban J connectivity index is 1.87. The number of rotatable bonds is 3. The molecule has 118 valence electrons. The van der Waals surface area contributed by atoms with E-state index in [2.05, 4.69) is 15.6 Å². The number of aromatic nitrogens is 3. The highest BCUT2D eigenvalue weighted by molar-refractivity contribution is 6.06. The van der Waals surface area contributed by atoms with E-state index in [1.165, 1.54) is 0 Å². The minimum atomic E-state index is -0.161. The number of carbonyl (C=O) groups excluding carboxylic acids is 1. The second-order valence-electron chi connectivity index (χ2n) is 5.77. The Bertz CT molecular complexity index is 882. The Morgan fingerprint density at radius 1 is 1.17 bits per heavy atom. The summed E-state index contributed by atoms with van der Waals surface area (Å²) in [4.78, 5) is 14.5. The molecule has 6 nitrogen and oxygen atoms in total. The summed E-state index contributed by atoms with van der Waals surface area (Å²) >= 11 is 0. The summed E-state index contributed by atoms with van der Waals surface area (Å²) in [5.74, 6) is -0.161. The Hall–Kier alpha value is -2.89. The average molecular weight is 309 g/mol. The second kappa shape index (κ2) is 5.72. The van der Waals surface area contributed by atoms with Crippen molar-refractivity contribution in [1.29, 1.82) is 0 Å². The molecule has 1 heterocycles. The number of aryl methyl sites for hydroxylation is 2. The lowest BCUT2D eigenvalue weighted by Crippen LogP contribution is -2.14. The van der Waals surface area contributed by atoms with Crippen LogP contribution in [-0.2, 0) is 7.05 Å². The fraction of sp³-hybridized carbons (Fsp3) is 0.235. The molecule has 3 aromatic rings. The maximum atomic E-state index is 12.5. The van der Waals surface area contributed by atoms with Gasteiger partial charge in [0.05, 0.1) is 5.52 Å². The third kappa shape index (κ3) is 2.88. The molecule has 0 aliphatic carbocycles. The van der Waals surface area contributed by atoms with Crippen LogP contribution in [0.1, 0.15) is 15.9 Å². The molecule has 0 radical (unpaired) electrons. The molecule has 1 aromatic heterocycles. The zero-order chi connectivity index (χ0) is 16.6. The van der Waals surface area contributed by atoms with Crippen LogP contribution < -0.4 is 10.2 Å². The predicted octanol–water partition coefficient (Wildman–Crippen LogP) is 2.60. The van der Waals surface area contributed by atoms with Crippen molar-refractivity contribution in [3.05, 3.63) is 47.5 Å². The maximum Gasteiger partial charge on any atom is 0.255 e. The van der Waals surface area contributed by atoms with Crippen molar-refractivity contribution < 1.29 is 4.79 Å². The van der Waals surface area contributed by atoms with Gasteiger partial charge in [-0.05, 0) is 42.8 Å². The molecule has 0 saturated carbocycles. The molecular formula is C17H19N5O.